The molecular weight excluding hydrogens is 865 g/mol. The first-order valence-corrected chi connectivity index (χ1v) is 24.3. The summed E-state index contributed by atoms with van der Waals surface area (Å²) < 4.78 is 23.3. The maximum absolute atomic E-state index is 11.6. The largest absolute Gasteiger partial charge is 0.478 e. The van der Waals surface area contributed by atoms with E-state index in [-0.39, 0.29) is 10.8 Å². The molecular formula is C56H72O12. The lowest BCUT2D eigenvalue weighted by atomic mass is 9.65. The van der Waals surface area contributed by atoms with Gasteiger partial charge in [0.25, 0.3) is 0 Å². The van der Waals surface area contributed by atoms with E-state index in [1.807, 2.05) is 97.1 Å². The summed E-state index contributed by atoms with van der Waals surface area (Å²) in [7, 11) is 0. The van der Waals surface area contributed by atoms with Crippen molar-refractivity contribution in [3.05, 3.63) is 119 Å². The molecule has 2 saturated carbocycles. The predicted octanol–water partition coefficient (Wildman–Crippen LogP) is 12.4. The SMILES string of the molecule is CCC(C)(Oc1ccc(C2(c3ccc(OC(C)(CC)C(=O)O)cc3)CCCCC2)cc1)C(=O)O.CCC(C)(Oc1ccc(C2(c3ccc(OC(C)(CC)C(=O)O)cc3)CCCCC2)cc1)C(=O)O. The number of carboxylic acids is 4. The van der Waals surface area contributed by atoms with Crippen molar-refractivity contribution in [3.63, 3.8) is 0 Å². The highest BCUT2D eigenvalue weighted by atomic mass is 16.5. The number of carboxylic acid groups (broad SMARTS) is 4. The Bertz CT molecular complexity index is 2000. The van der Waals surface area contributed by atoms with Crippen LogP contribution in [0, 0.1) is 0 Å². The molecule has 4 aromatic carbocycles. The summed E-state index contributed by atoms with van der Waals surface area (Å²) in [6.45, 7) is 13.5. The lowest BCUT2D eigenvalue weighted by molar-refractivity contribution is -0.154. The Kier molecular flexibility index (Phi) is 17.1. The van der Waals surface area contributed by atoms with Crippen LogP contribution in [0.15, 0.2) is 97.1 Å². The Hall–Kier alpha value is -6.04. The van der Waals surface area contributed by atoms with E-state index in [0.29, 0.717) is 48.7 Å². The van der Waals surface area contributed by atoms with Gasteiger partial charge in [-0.2, -0.15) is 0 Å². The molecule has 6 rings (SSSR count). The first-order chi connectivity index (χ1) is 32.2. The van der Waals surface area contributed by atoms with Crippen LogP contribution in [-0.4, -0.2) is 66.7 Å². The van der Waals surface area contributed by atoms with Gasteiger partial charge in [0.05, 0.1) is 0 Å². The molecule has 2 fully saturated rings. The number of benzene rings is 4. The molecule has 12 heteroatoms. The summed E-state index contributed by atoms with van der Waals surface area (Å²) in [5.41, 5.74) is -0.668. The average molecular weight is 937 g/mol. The van der Waals surface area contributed by atoms with Crippen molar-refractivity contribution < 1.29 is 58.6 Å². The van der Waals surface area contributed by atoms with E-state index in [1.54, 1.807) is 55.4 Å². The van der Waals surface area contributed by atoms with Gasteiger partial charge >= 0.3 is 23.9 Å². The van der Waals surface area contributed by atoms with Crippen LogP contribution in [0.5, 0.6) is 23.0 Å². The zero-order chi connectivity index (χ0) is 50.0. The Balaban J connectivity index is 0.000000254. The number of carbonyl (C=O) groups is 4. The van der Waals surface area contributed by atoms with Gasteiger partial charge in [-0.05, 0) is 150 Å². The van der Waals surface area contributed by atoms with Crippen LogP contribution >= 0.6 is 0 Å². The molecule has 4 N–H and O–H groups in total. The fraction of sp³-hybridized carbons (Fsp3) is 0.500. The van der Waals surface area contributed by atoms with Crippen LogP contribution in [0.4, 0.5) is 0 Å². The maximum Gasteiger partial charge on any atom is 0.347 e. The Morgan fingerprint density at radius 1 is 0.368 bits per heavy atom. The molecule has 12 nitrogen and oxygen atoms in total. The van der Waals surface area contributed by atoms with E-state index in [4.69, 9.17) is 18.9 Å². The molecule has 4 atom stereocenters. The third kappa shape index (κ3) is 11.6. The summed E-state index contributed by atoms with van der Waals surface area (Å²) in [5.74, 6) is -1.76. The van der Waals surface area contributed by atoms with Crippen molar-refractivity contribution in [2.24, 2.45) is 0 Å². The van der Waals surface area contributed by atoms with E-state index >= 15 is 0 Å². The van der Waals surface area contributed by atoms with Crippen LogP contribution in [-0.2, 0) is 30.0 Å². The van der Waals surface area contributed by atoms with Crippen LogP contribution in [0.2, 0.25) is 0 Å². The number of hydrogen-bond donors (Lipinski definition) is 4. The van der Waals surface area contributed by atoms with E-state index < -0.39 is 46.3 Å². The molecule has 0 amide bonds. The third-order valence-electron chi connectivity index (χ3n) is 14.9. The molecule has 68 heavy (non-hydrogen) atoms. The van der Waals surface area contributed by atoms with Crippen LogP contribution in [0.1, 0.15) is 168 Å². The van der Waals surface area contributed by atoms with Gasteiger partial charge in [-0.25, -0.2) is 19.2 Å². The molecule has 0 aliphatic heterocycles. The van der Waals surface area contributed by atoms with Crippen LogP contribution in [0.3, 0.4) is 0 Å². The highest BCUT2D eigenvalue weighted by Crippen LogP contribution is 2.47. The first kappa shape index (κ1) is 52.9. The molecule has 0 saturated heterocycles. The second-order valence-electron chi connectivity index (χ2n) is 19.3. The van der Waals surface area contributed by atoms with Crippen molar-refractivity contribution in [2.75, 3.05) is 0 Å². The first-order valence-electron chi connectivity index (χ1n) is 24.3. The highest BCUT2D eigenvalue weighted by molar-refractivity contribution is 5.78. The lowest BCUT2D eigenvalue weighted by Crippen LogP contribution is -2.40. The maximum atomic E-state index is 11.6. The molecule has 2 aliphatic carbocycles. The zero-order valence-electron chi connectivity index (χ0n) is 41.2. The van der Waals surface area contributed by atoms with Gasteiger partial charge in [-0.1, -0.05) is 115 Å². The van der Waals surface area contributed by atoms with Crippen LogP contribution < -0.4 is 18.9 Å². The fourth-order valence-corrected chi connectivity index (χ4v) is 9.28. The Morgan fingerprint density at radius 3 is 0.691 bits per heavy atom. The molecule has 0 aromatic heterocycles. The van der Waals surface area contributed by atoms with Crippen molar-refractivity contribution in [2.45, 2.75) is 179 Å². The molecule has 4 unspecified atom stereocenters. The monoisotopic (exact) mass is 937 g/mol. The minimum atomic E-state index is -1.26. The summed E-state index contributed by atoms with van der Waals surface area (Å²) in [6, 6.07) is 31.2. The second-order valence-corrected chi connectivity index (χ2v) is 19.3. The molecule has 0 radical (unpaired) electrons. The molecule has 4 aromatic rings. The number of hydrogen-bond acceptors (Lipinski definition) is 8. The van der Waals surface area contributed by atoms with E-state index in [1.165, 1.54) is 35.1 Å². The van der Waals surface area contributed by atoms with E-state index in [0.717, 1.165) is 51.4 Å². The van der Waals surface area contributed by atoms with Crippen molar-refractivity contribution >= 4 is 23.9 Å². The molecule has 0 bridgehead atoms. The highest BCUT2D eigenvalue weighted by Gasteiger charge is 2.40. The molecule has 0 heterocycles. The summed E-state index contributed by atoms with van der Waals surface area (Å²) in [4.78, 5) is 46.4. The summed E-state index contributed by atoms with van der Waals surface area (Å²) >= 11 is 0. The summed E-state index contributed by atoms with van der Waals surface area (Å²) in [6.07, 6.45) is 12.4. The van der Waals surface area contributed by atoms with Gasteiger partial charge < -0.3 is 39.4 Å². The van der Waals surface area contributed by atoms with Crippen molar-refractivity contribution in [1.29, 1.82) is 0 Å². The minimum Gasteiger partial charge on any atom is -0.478 e. The Morgan fingerprint density at radius 2 is 0.544 bits per heavy atom. The van der Waals surface area contributed by atoms with Crippen molar-refractivity contribution in [3.8, 4) is 23.0 Å². The summed E-state index contributed by atoms with van der Waals surface area (Å²) in [5, 5.41) is 38.1. The van der Waals surface area contributed by atoms with Crippen molar-refractivity contribution in [1.82, 2.24) is 0 Å². The van der Waals surface area contributed by atoms with Gasteiger partial charge in [0, 0.05) is 10.8 Å². The smallest absolute Gasteiger partial charge is 0.347 e. The van der Waals surface area contributed by atoms with Gasteiger partial charge in [0.15, 0.2) is 0 Å². The quantitative estimate of drug-likeness (QED) is 0.0658. The van der Waals surface area contributed by atoms with Gasteiger partial charge in [-0.3, -0.25) is 0 Å². The predicted molar refractivity (Wildman–Crippen MR) is 261 cm³/mol. The van der Waals surface area contributed by atoms with Gasteiger partial charge in [0.2, 0.25) is 22.4 Å². The third-order valence-corrected chi connectivity index (χ3v) is 14.9. The van der Waals surface area contributed by atoms with Gasteiger partial charge in [0.1, 0.15) is 23.0 Å². The Labute approximate surface area is 402 Å². The van der Waals surface area contributed by atoms with E-state index in [2.05, 4.69) is 0 Å². The minimum absolute atomic E-state index is 0.156. The number of rotatable bonds is 20. The van der Waals surface area contributed by atoms with Gasteiger partial charge in [-0.15, -0.1) is 0 Å². The normalized spacial score (nSPS) is 18.8. The lowest BCUT2D eigenvalue weighted by Gasteiger charge is -2.39. The molecule has 368 valence electrons. The zero-order valence-corrected chi connectivity index (χ0v) is 41.2. The second kappa shape index (κ2) is 21.9. The number of aliphatic carboxylic acids is 4. The fourth-order valence-electron chi connectivity index (χ4n) is 9.28. The molecule has 2 aliphatic rings. The average Bonchev–Trinajstić information content (AvgIpc) is 3.35. The van der Waals surface area contributed by atoms with E-state index in [9.17, 15) is 39.6 Å². The topological polar surface area (TPSA) is 186 Å². The molecule has 0 spiro atoms. The number of ether oxygens (including phenoxy) is 4. The van der Waals surface area contributed by atoms with Crippen LogP contribution in [0.25, 0.3) is 0 Å². The standard InChI is InChI=1S/2C28H36O6/c2*1-5-26(3,24(29)30)33-22-14-10-20(11-15-22)28(18-8-7-9-19-28)21-12-16-23(17-13-21)34-27(4,6-2)25(31)32/h2*10-17H,5-9,18-19H2,1-4H3,(H,29,30)(H,31,32).